The number of methoxy groups -OCH3 is 3. The molecule has 28 heavy (non-hydrogen) atoms. The zero-order chi connectivity index (χ0) is 20.7. The average molecular weight is 430 g/mol. The predicted octanol–water partition coefficient (Wildman–Crippen LogP) is 3.19. The fourth-order valence-corrected chi connectivity index (χ4v) is 2.77. The van der Waals surface area contributed by atoms with Crippen molar-refractivity contribution in [2.24, 2.45) is 0 Å². The highest BCUT2D eigenvalue weighted by atomic mass is 35.5. The number of carbonyl (C=O) groups is 1. The molecular formula is C19H21Cl2NO6. The lowest BCUT2D eigenvalue weighted by molar-refractivity contribution is 0.0841. The summed E-state index contributed by atoms with van der Waals surface area (Å²) in [6, 6.07) is 8.08. The van der Waals surface area contributed by atoms with Gasteiger partial charge in [-0.15, -0.1) is 0 Å². The maximum atomic E-state index is 12.5. The van der Waals surface area contributed by atoms with E-state index in [9.17, 15) is 9.90 Å². The van der Waals surface area contributed by atoms with Gasteiger partial charge in [0.25, 0.3) is 5.91 Å². The molecule has 9 heteroatoms. The van der Waals surface area contributed by atoms with E-state index in [0.29, 0.717) is 22.3 Å². The first-order chi connectivity index (χ1) is 13.4. The largest absolute Gasteiger partial charge is 0.493 e. The lowest BCUT2D eigenvalue weighted by atomic mass is 10.1. The normalized spacial score (nSPS) is 11.5. The van der Waals surface area contributed by atoms with Crippen molar-refractivity contribution < 1.29 is 28.8 Å². The monoisotopic (exact) mass is 429 g/mol. The van der Waals surface area contributed by atoms with Crippen LogP contribution in [0.1, 0.15) is 10.4 Å². The van der Waals surface area contributed by atoms with E-state index in [2.05, 4.69) is 5.32 Å². The maximum absolute atomic E-state index is 12.5. The molecule has 0 saturated heterocycles. The number of halogens is 2. The van der Waals surface area contributed by atoms with Gasteiger partial charge in [-0.1, -0.05) is 29.3 Å². The average Bonchev–Trinajstić information content (AvgIpc) is 2.71. The van der Waals surface area contributed by atoms with Gasteiger partial charge in [0.05, 0.1) is 31.9 Å². The van der Waals surface area contributed by atoms with Crippen molar-refractivity contribution in [2.75, 3.05) is 34.5 Å². The lowest BCUT2D eigenvalue weighted by Crippen LogP contribution is -2.35. The van der Waals surface area contributed by atoms with Crippen molar-refractivity contribution in [3.8, 4) is 23.0 Å². The van der Waals surface area contributed by atoms with Crippen LogP contribution in [-0.4, -0.2) is 51.6 Å². The molecular weight excluding hydrogens is 409 g/mol. The van der Waals surface area contributed by atoms with E-state index < -0.39 is 12.0 Å². The zero-order valence-corrected chi connectivity index (χ0v) is 17.1. The Kier molecular flexibility index (Phi) is 8.04. The van der Waals surface area contributed by atoms with Gasteiger partial charge in [0.2, 0.25) is 5.75 Å². The molecule has 1 unspecified atom stereocenters. The number of rotatable bonds is 9. The van der Waals surface area contributed by atoms with Gasteiger partial charge in [0, 0.05) is 6.54 Å². The Bertz CT molecular complexity index is 830. The van der Waals surface area contributed by atoms with Crippen LogP contribution in [-0.2, 0) is 0 Å². The van der Waals surface area contributed by atoms with Crippen molar-refractivity contribution in [3.63, 3.8) is 0 Å². The van der Waals surface area contributed by atoms with Crippen LogP contribution in [0.15, 0.2) is 30.3 Å². The SMILES string of the molecule is COc1ccc(C(=O)NCC(O)COc2cccc(Cl)c2Cl)c(OC)c1OC. The number of hydrogen-bond donors (Lipinski definition) is 2. The van der Waals surface area contributed by atoms with E-state index in [4.69, 9.17) is 42.1 Å². The summed E-state index contributed by atoms with van der Waals surface area (Å²) in [4.78, 5) is 12.5. The summed E-state index contributed by atoms with van der Waals surface area (Å²) in [6.07, 6.45) is -0.967. The summed E-state index contributed by atoms with van der Waals surface area (Å²) in [5.74, 6) is 0.870. The molecule has 0 aromatic heterocycles. The Hall–Kier alpha value is -2.35. The van der Waals surface area contributed by atoms with Crippen molar-refractivity contribution >= 4 is 29.1 Å². The fourth-order valence-electron chi connectivity index (χ4n) is 2.43. The highest BCUT2D eigenvalue weighted by molar-refractivity contribution is 6.42. The third-order valence-corrected chi connectivity index (χ3v) is 4.60. The molecule has 2 rings (SSSR count). The Morgan fingerprint density at radius 3 is 2.39 bits per heavy atom. The van der Waals surface area contributed by atoms with E-state index in [1.165, 1.54) is 21.3 Å². The molecule has 0 saturated carbocycles. The maximum Gasteiger partial charge on any atom is 0.255 e. The van der Waals surface area contributed by atoms with Gasteiger partial charge in [-0.05, 0) is 24.3 Å². The third kappa shape index (κ3) is 5.13. The first kappa shape index (κ1) is 21.9. The van der Waals surface area contributed by atoms with Gasteiger partial charge >= 0.3 is 0 Å². The van der Waals surface area contributed by atoms with Crippen molar-refractivity contribution in [2.45, 2.75) is 6.10 Å². The molecule has 2 aromatic carbocycles. The molecule has 0 aliphatic rings. The molecule has 0 fully saturated rings. The molecule has 0 radical (unpaired) electrons. The van der Waals surface area contributed by atoms with Gasteiger partial charge < -0.3 is 29.4 Å². The molecule has 0 aliphatic carbocycles. The molecule has 2 N–H and O–H groups in total. The quantitative estimate of drug-likeness (QED) is 0.636. The van der Waals surface area contributed by atoms with Gasteiger partial charge in [-0.25, -0.2) is 0 Å². The van der Waals surface area contributed by atoms with Gasteiger partial charge in [0.15, 0.2) is 11.5 Å². The summed E-state index contributed by atoms with van der Waals surface area (Å²) in [6.45, 7) is -0.127. The van der Waals surface area contributed by atoms with E-state index in [1.54, 1.807) is 30.3 Å². The number of benzene rings is 2. The van der Waals surface area contributed by atoms with Gasteiger partial charge in [0.1, 0.15) is 23.5 Å². The standard InChI is InChI=1S/C19H21Cl2NO6/c1-25-15-8-7-12(17(26-2)18(15)27-3)19(24)22-9-11(23)10-28-14-6-4-5-13(20)16(14)21/h4-8,11,23H,9-10H2,1-3H3,(H,22,24). The molecule has 0 bridgehead atoms. The van der Waals surface area contributed by atoms with E-state index >= 15 is 0 Å². The number of ether oxygens (including phenoxy) is 4. The van der Waals surface area contributed by atoms with E-state index in [1.807, 2.05) is 0 Å². The van der Waals surface area contributed by atoms with Crippen LogP contribution in [0.2, 0.25) is 10.0 Å². The van der Waals surface area contributed by atoms with Crippen molar-refractivity contribution in [1.82, 2.24) is 5.32 Å². The van der Waals surface area contributed by atoms with Crippen molar-refractivity contribution in [1.29, 1.82) is 0 Å². The Balaban J connectivity index is 1.99. The molecule has 1 amide bonds. The number of carbonyl (C=O) groups excluding carboxylic acids is 1. The summed E-state index contributed by atoms with van der Waals surface area (Å²) in [7, 11) is 4.36. The molecule has 7 nitrogen and oxygen atoms in total. The highest BCUT2D eigenvalue weighted by Crippen LogP contribution is 2.39. The lowest BCUT2D eigenvalue weighted by Gasteiger charge is -2.17. The summed E-state index contributed by atoms with van der Waals surface area (Å²) in [5.41, 5.74) is 0.242. The topological polar surface area (TPSA) is 86.3 Å². The van der Waals surface area contributed by atoms with E-state index in [0.717, 1.165) is 0 Å². The zero-order valence-electron chi connectivity index (χ0n) is 15.6. The molecule has 0 aliphatic heterocycles. The minimum absolute atomic E-state index is 0.0471. The highest BCUT2D eigenvalue weighted by Gasteiger charge is 2.21. The second-order valence-corrected chi connectivity index (χ2v) is 6.39. The minimum Gasteiger partial charge on any atom is -0.493 e. The number of hydrogen-bond acceptors (Lipinski definition) is 6. The third-order valence-electron chi connectivity index (χ3n) is 3.79. The van der Waals surface area contributed by atoms with E-state index in [-0.39, 0.29) is 29.5 Å². The summed E-state index contributed by atoms with van der Waals surface area (Å²) < 4.78 is 21.2. The van der Waals surface area contributed by atoms with Gasteiger partial charge in [-0.2, -0.15) is 0 Å². The first-order valence-electron chi connectivity index (χ1n) is 8.24. The first-order valence-corrected chi connectivity index (χ1v) is 9.00. The predicted molar refractivity (Wildman–Crippen MR) is 106 cm³/mol. The van der Waals surface area contributed by atoms with Crippen LogP contribution in [0.25, 0.3) is 0 Å². The smallest absolute Gasteiger partial charge is 0.255 e. The van der Waals surface area contributed by atoms with Crippen LogP contribution >= 0.6 is 23.2 Å². The Morgan fingerprint density at radius 1 is 1.04 bits per heavy atom. The fraction of sp³-hybridized carbons (Fsp3) is 0.316. The van der Waals surface area contributed by atoms with Gasteiger partial charge in [-0.3, -0.25) is 4.79 Å². The molecule has 0 heterocycles. The second kappa shape index (κ2) is 10.3. The van der Waals surface area contributed by atoms with Crippen LogP contribution in [0, 0.1) is 0 Å². The van der Waals surface area contributed by atoms with Crippen LogP contribution < -0.4 is 24.3 Å². The minimum atomic E-state index is -0.967. The van der Waals surface area contributed by atoms with Crippen LogP contribution in [0.4, 0.5) is 0 Å². The number of nitrogens with one attached hydrogen (secondary N) is 1. The van der Waals surface area contributed by atoms with Crippen molar-refractivity contribution in [3.05, 3.63) is 45.9 Å². The number of aliphatic hydroxyl groups is 1. The second-order valence-electron chi connectivity index (χ2n) is 5.61. The van der Waals surface area contributed by atoms with Crippen LogP contribution in [0.3, 0.4) is 0 Å². The molecule has 1 atom stereocenters. The molecule has 152 valence electrons. The number of aliphatic hydroxyl groups excluding tert-OH is 1. The Labute approximate surface area is 173 Å². The Morgan fingerprint density at radius 2 is 1.75 bits per heavy atom. The molecule has 0 spiro atoms. The molecule has 2 aromatic rings. The number of amides is 1. The summed E-state index contributed by atoms with van der Waals surface area (Å²) in [5, 5.41) is 13.3. The van der Waals surface area contributed by atoms with Crippen LogP contribution in [0.5, 0.6) is 23.0 Å². The summed E-state index contributed by atoms with van der Waals surface area (Å²) >= 11 is 11.9.